The highest BCUT2D eigenvalue weighted by atomic mass is 32.2. The molecule has 5 nitrogen and oxygen atoms in total. The van der Waals surface area contributed by atoms with Gasteiger partial charge in [0.15, 0.2) is 0 Å². The van der Waals surface area contributed by atoms with Crippen LogP contribution >= 0.6 is 0 Å². The van der Waals surface area contributed by atoms with Crippen LogP contribution in [0, 0.1) is 17.8 Å². The molecule has 0 aliphatic carbocycles. The van der Waals surface area contributed by atoms with Crippen molar-refractivity contribution in [3.05, 3.63) is 24.0 Å². The van der Waals surface area contributed by atoms with E-state index in [1.807, 2.05) is 0 Å². The molecule has 1 aromatic rings. The molecule has 1 aromatic heterocycles. The molecule has 1 aliphatic heterocycles. The van der Waals surface area contributed by atoms with Crippen molar-refractivity contribution in [3.8, 4) is 11.8 Å². The molecule has 108 valence electrons. The summed E-state index contributed by atoms with van der Waals surface area (Å²) < 4.78 is 26.7. The average molecular weight is 293 g/mol. The maximum Gasteiger partial charge on any atom is 0.244 e. The SMILES string of the molecule is CC1CCCN(S(=O)(=O)c2cncc(C#CCN)c2)C1. The predicted molar refractivity (Wildman–Crippen MR) is 77.3 cm³/mol. The molecule has 0 saturated carbocycles. The van der Waals surface area contributed by atoms with Crippen LogP contribution in [0.2, 0.25) is 0 Å². The van der Waals surface area contributed by atoms with Crippen LogP contribution in [0.15, 0.2) is 23.4 Å². The maximum absolute atomic E-state index is 12.6. The third-order valence-electron chi connectivity index (χ3n) is 3.31. The summed E-state index contributed by atoms with van der Waals surface area (Å²) in [6, 6.07) is 1.56. The van der Waals surface area contributed by atoms with Crippen molar-refractivity contribution in [3.63, 3.8) is 0 Å². The van der Waals surface area contributed by atoms with Crippen molar-refractivity contribution in [2.24, 2.45) is 11.7 Å². The van der Waals surface area contributed by atoms with Crippen LogP contribution in [0.1, 0.15) is 25.3 Å². The second kappa shape index (κ2) is 6.35. The standard InChI is InChI=1S/C14H19N3O2S/c1-12-4-3-7-17(11-12)20(18,19)14-8-13(5-2-6-15)9-16-10-14/h8-10,12H,3-4,6-7,11,15H2,1H3. The van der Waals surface area contributed by atoms with Gasteiger partial charge in [-0.15, -0.1) is 0 Å². The summed E-state index contributed by atoms with van der Waals surface area (Å²) in [4.78, 5) is 4.17. The van der Waals surface area contributed by atoms with E-state index >= 15 is 0 Å². The Morgan fingerprint density at radius 3 is 3.00 bits per heavy atom. The molecule has 1 saturated heterocycles. The van der Waals surface area contributed by atoms with E-state index in [2.05, 4.69) is 23.7 Å². The van der Waals surface area contributed by atoms with Crippen LogP contribution in [-0.2, 0) is 10.0 Å². The van der Waals surface area contributed by atoms with Crippen molar-refractivity contribution in [1.29, 1.82) is 0 Å². The van der Waals surface area contributed by atoms with Gasteiger partial charge in [-0.05, 0) is 24.8 Å². The second-order valence-electron chi connectivity index (χ2n) is 5.03. The minimum Gasteiger partial charge on any atom is -0.320 e. The molecule has 1 fully saturated rings. The van der Waals surface area contributed by atoms with Crippen molar-refractivity contribution in [2.45, 2.75) is 24.7 Å². The number of nitrogens with zero attached hydrogens (tertiary/aromatic N) is 2. The molecule has 6 heteroatoms. The highest BCUT2D eigenvalue weighted by Crippen LogP contribution is 2.23. The Balaban J connectivity index is 2.29. The molecular weight excluding hydrogens is 274 g/mol. The van der Waals surface area contributed by atoms with Gasteiger partial charge in [0.25, 0.3) is 0 Å². The summed E-state index contributed by atoms with van der Waals surface area (Å²) >= 11 is 0. The lowest BCUT2D eigenvalue weighted by Crippen LogP contribution is -2.39. The summed E-state index contributed by atoms with van der Waals surface area (Å²) in [5, 5.41) is 0. The molecule has 2 N–H and O–H groups in total. The monoisotopic (exact) mass is 293 g/mol. The highest BCUT2D eigenvalue weighted by molar-refractivity contribution is 7.89. The van der Waals surface area contributed by atoms with E-state index in [0.717, 1.165) is 12.8 Å². The van der Waals surface area contributed by atoms with Crippen LogP contribution in [0.4, 0.5) is 0 Å². The van der Waals surface area contributed by atoms with Gasteiger partial charge in [-0.25, -0.2) is 8.42 Å². The lowest BCUT2D eigenvalue weighted by Gasteiger charge is -2.29. The van der Waals surface area contributed by atoms with Gasteiger partial charge in [0.05, 0.1) is 6.54 Å². The zero-order chi connectivity index (χ0) is 14.6. The Morgan fingerprint density at radius 2 is 2.30 bits per heavy atom. The normalized spacial score (nSPS) is 20.2. The first kappa shape index (κ1) is 15.0. The molecule has 1 atom stereocenters. The summed E-state index contributed by atoms with van der Waals surface area (Å²) in [5.74, 6) is 5.90. The molecule has 1 unspecified atom stereocenters. The fourth-order valence-electron chi connectivity index (χ4n) is 2.30. The Labute approximate surface area is 120 Å². The van der Waals surface area contributed by atoms with E-state index in [9.17, 15) is 8.42 Å². The quantitative estimate of drug-likeness (QED) is 0.819. The lowest BCUT2D eigenvalue weighted by atomic mass is 10.0. The molecular formula is C14H19N3O2S. The first-order chi connectivity index (χ1) is 9.54. The number of piperidine rings is 1. The van der Waals surface area contributed by atoms with E-state index in [-0.39, 0.29) is 11.4 Å². The largest absolute Gasteiger partial charge is 0.320 e. The van der Waals surface area contributed by atoms with Gasteiger partial charge in [0, 0.05) is 31.0 Å². The first-order valence-electron chi connectivity index (χ1n) is 6.68. The molecule has 20 heavy (non-hydrogen) atoms. The van der Waals surface area contributed by atoms with Crippen LogP contribution in [-0.4, -0.2) is 37.3 Å². The summed E-state index contributed by atoms with van der Waals surface area (Å²) in [6.45, 7) is 3.45. The molecule has 0 aromatic carbocycles. The number of rotatable bonds is 2. The summed E-state index contributed by atoms with van der Waals surface area (Å²) in [6.07, 6.45) is 4.90. The Morgan fingerprint density at radius 1 is 1.50 bits per heavy atom. The van der Waals surface area contributed by atoms with Gasteiger partial charge in [0.2, 0.25) is 10.0 Å². The number of sulfonamides is 1. The van der Waals surface area contributed by atoms with Gasteiger partial charge in [-0.1, -0.05) is 18.8 Å². The zero-order valence-electron chi connectivity index (χ0n) is 11.5. The van der Waals surface area contributed by atoms with Gasteiger partial charge in [-0.2, -0.15) is 4.31 Å². The van der Waals surface area contributed by atoms with E-state index < -0.39 is 10.0 Å². The minimum absolute atomic E-state index is 0.204. The van der Waals surface area contributed by atoms with E-state index in [0.29, 0.717) is 24.6 Å². The Bertz CT molecular complexity index is 631. The topological polar surface area (TPSA) is 76.3 Å². The third kappa shape index (κ3) is 3.37. The molecule has 2 rings (SSSR count). The number of hydrogen-bond acceptors (Lipinski definition) is 4. The minimum atomic E-state index is -3.47. The van der Waals surface area contributed by atoms with Crippen LogP contribution in [0.5, 0.6) is 0 Å². The van der Waals surface area contributed by atoms with E-state index in [1.54, 1.807) is 16.6 Å². The van der Waals surface area contributed by atoms with Crippen LogP contribution < -0.4 is 5.73 Å². The summed E-state index contributed by atoms with van der Waals surface area (Å²) in [5.41, 5.74) is 5.88. The number of hydrogen-bond donors (Lipinski definition) is 1. The van der Waals surface area contributed by atoms with Gasteiger partial charge in [-0.3, -0.25) is 4.98 Å². The average Bonchev–Trinajstić information content (AvgIpc) is 2.45. The first-order valence-corrected chi connectivity index (χ1v) is 8.12. The number of aromatic nitrogens is 1. The smallest absolute Gasteiger partial charge is 0.244 e. The van der Waals surface area contributed by atoms with Crippen molar-refractivity contribution in [1.82, 2.24) is 9.29 Å². The molecule has 0 bridgehead atoms. The third-order valence-corrected chi connectivity index (χ3v) is 5.14. The van der Waals surface area contributed by atoms with Crippen LogP contribution in [0.25, 0.3) is 0 Å². The fourth-order valence-corrected chi connectivity index (χ4v) is 3.88. The van der Waals surface area contributed by atoms with Crippen molar-refractivity contribution in [2.75, 3.05) is 19.6 Å². The van der Waals surface area contributed by atoms with E-state index in [4.69, 9.17) is 5.73 Å². The van der Waals surface area contributed by atoms with Crippen molar-refractivity contribution >= 4 is 10.0 Å². The molecule has 0 spiro atoms. The van der Waals surface area contributed by atoms with Gasteiger partial charge in [0.1, 0.15) is 4.90 Å². The molecule has 1 aliphatic rings. The molecule has 0 amide bonds. The van der Waals surface area contributed by atoms with E-state index in [1.165, 1.54) is 6.20 Å². The lowest BCUT2D eigenvalue weighted by molar-refractivity contribution is 0.281. The molecule has 2 heterocycles. The second-order valence-corrected chi connectivity index (χ2v) is 6.96. The summed E-state index contributed by atoms with van der Waals surface area (Å²) in [7, 11) is -3.47. The predicted octanol–water partition coefficient (Wildman–Crippen LogP) is 0.812. The van der Waals surface area contributed by atoms with Gasteiger partial charge < -0.3 is 5.73 Å². The van der Waals surface area contributed by atoms with Gasteiger partial charge >= 0.3 is 0 Å². The zero-order valence-corrected chi connectivity index (χ0v) is 12.4. The highest BCUT2D eigenvalue weighted by Gasteiger charge is 2.28. The van der Waals surface area contributed by atoms with Crippen LogP contribution in [0.3, 0.4) is 0 Å². The Hall–Kier alpha value is -1.42. The maximum atomic E-state index is 12.6. The fraction of sp³-hybridized carbons (Fsp3) is 0.500. The van der Waals surface area contributed by atoms with Crippen molar-refractivity contribution < 1.29 is 8.42 Å². The number of pyridine rings is 1. The molecule has 0 radical (unpaired) electrons. The Kier molecular flexibility index (Phi) is 4.76. The number of nitrogens with two attached hydrogens (primary N) is 1.